The lowest BCUT2D eigenvalue weighted by Crippen LogP contribution is -2.63. The topological polar surface area (TPSA) is 176 Å². The van der Waals surface area contributed by atoms with Gasteiger partial charge in [0.25, 0.3) is 11.8 Å². The molecule has 0 aliphatic carbocycles. The van der Waals surface area contributed by atoms with Crippen molar-refractivity contribution in [2.45, 2.75) is 50.6 Å². The number of ether oxygens (including phenoxy) is 2. The molecule has 0 saturated carbocycles. The molecule has 12 heteroatoms. The smallest absolute Gasteiger partial charge is 0.312 e. The summed E-state index contributed by atoms with van der Waals surface area (Å²) in [6, 6.07) is 8.53. The highest BCUT2D eigenvalue weighted by molar-refractivity contribution is 5.98. The fourth-order valence-electron chi connectivity index (χ4n) is 4.50. The number of carbonyl (C=O) groups is 4. The van der Waals surface area contributed by atoms with Crippen molar-refractivity contribution in [3.63, 3.8) is 0 Å². The minimum Gasteiger partial charge on any atom is -0.505 e. The Kier molecular flexibility index (Phi) is 8.77. The van der Waals surface area contributed by atoms with E-state index < -0.39 is 65.9 Å². The quantitative estimate of drug-likeness (QED) is 0.318. The van der Waals surface area contributed by atoms with Crippen molar-refractivity contribution in [3.8, 4) is 5.75 Å². The standard InChI is InChI=1S/C27H32N4O8/c1-14-22(33)18(11-16-7-4-3-5-8-16)30-24(34)20(31-25(35)21-19(32)9-6-10-28-21)15(2)29-26(36)23(39-27(14)37)17-12-38-13-17/h3-10,14-15,17-18,20,22-23,32-33H,11-13H2,1-2H3,(H,29,36)(H,30,34)(H,31,35)/t14-,15-,18+,20+,22+,23?/m1/s1. The molecule has 1 aromatic heterocycles. The lowest BCUT2D eigenvalue weighted by Gasteiger charge is -2.36. The van der Waals surface area contributed by atoms with Gasteiger partial charge in [-0.1, -0.05) is 30.3 Å². The molecule has 2 aromatic rings. The van der Waals surface area contributed by atoms with Crippen molar-refractivity contribution < 1.29 is 38.9 Å². The molecular formula is C27H32N4O8. The number of amides is 3. The molecule has 208 valence electrons. The van der Waals surface area contributed by atoms with Gasteiger partial charge in [0.1, 0.15) is 11.8 Å². The zero-order valence-corrected chi connectivity index (χ0v) is 21.6. The zero-order valence-electron chi connectivity index (χ0n) is 21.6. The predicted octanol–water partition coefficient (Wildman–Crippen LogP) is -0.313. The molecule has 39 heavy (non-hydrogen) atoms. The van der Waals surface area contributed by atoms with Gasteiger partial charge in [-0.2, -0.15) is 0 Å². The molecule has 0 spiro atoms. The molecule has 1 unspecified atom stereocenters. The van der Waals surface area contributed by atoms with E-state index in [1.165, 1.54) is 32.2 Å². The molecule has 3 amide bonds. The lowest BCUT2D eigenvalue weighted by atomic mass is 9.91. The van der Waals surface area contributed by atoms with Crippen LogP contribution in [-0.4, -0.2) is 82.4 Å². The first-order chi connectivity index (χ1) is 18.7. The maximum Gasteiger partial charge on any atom is 0.312 e. The summed E-state index contributed by atoms with van der Waals surface area (Å²) in [4.78, 5) is 56.6. The number of aliphatic hydroxyl groups is 1. The number of pyridine rings is 1. The summed E-state index contributed by atoms with van der Waals surface area (Å²) in [6.45, 7) is 3.37. The van der Waals surface area contributed by atoms with Crippen molar-refractivity contribution >= 4 is 23.7 Å². The summed E-state index contributed by atoms with van der Waals surface area (Å²) in [7, 11) is 0. The molecule has 2 saturated heterocycles. The fraction of sp³-hybridized carbons (Fsp3) is 0.444. The number of aromatic nitrogens is 1. The molecule has 2 fully saturated rings. The van der Waals surface area contributed by atoms with Gasteiger partial charge in [0.15, 0.2) is 11.8 Å². The Hall–Kier alpha value is -4.03. The second-order valence-electron chi connectivity index (χ2n) is 9.86. The molecule has 0 bridgehead atoms. The summed E-state index contributed by atoms with van der Waals surface area (Å²) in [5, 5.41) is 29.2. The summed E-state index contributed by atoms with van der Waals surface area (Å²) < 4.78 is 10.7. The number of aromatic hydroxyl groups is 1. The van der Waals surface area contributed by atoms with Crippen LogP contribution in [0, 0.1) is 11.8 Å². The van der Waals surface area contributed by atoms with E-state index >= 15 is 0 Å². The van der Waals surface area contributed by atoms with E-state index in [-0.39, 0.29) is 31.1 Å². The Morgan fingerprint density at radius 2 is 1.77 bits per heavy atom. The zero-order chi connectivity index (χ0) is 28.1. The van der Waals surface area contributed by atoms with Crippen LogP contribution in [0.3, 0.4) is 0 Å². The average Bonchev–Trinajstić information content (AvgIpc) is 2.89. The van der Waals surface area contributed by atoms with Crippen LogP contribution >= 0.6 is 0 Å². The fourth-order valence-corrected chi connectivity index (χ4v) is 4.50. The Labute approximate surface area is 225 Å². The molecule has 6 atom stereocenters. The average molecular weight is 541 g/mol. The van der Waals surface area contributed by atoms with Gasteiger partial charge < -0.3 is 35.6 Å². The number of nitrogens with zero attached hydrogens (tertiary/aromatic N) is 1. The van der Waals surface area contributed by atoms with Gasteiger partial charge in [-0.25, -0.2) is 4.98 Å². The number of nitrogens with one attached hydrogen (secondary N) is 3. The van der Waals surface area contributed by atoms with E-state index in [1.54, 1.807) is 0 Å². The van der Waals surface area contributed by atoms with E-state index in [0.29, 0.717) is 0 Å². The van der Waals surface area contributed by atoms with E-state index in [1.807, 2.05) is 30.3 Å². The van der Waals surface area contributed by atoms with Gasteiger partial charge in [0.05, 0.1) is 43.2 Å². The van der Waals surface area contributed by atoms with E-state index in [9.17, 15) is 29.4 Å². The third-order valence-electron chi connectivity index (χ3n) is 6.96. The van der Waals surface area contributed by atoms with Crippen LogP contribution < -0.4 is 16.0 Å². The molecule has 1 aromatic carbocycles. The van der Waals surface area contributed by atoms with Crippen LogP contribution in [-0.2, 0) is 30.3 Å². The number of esters is 1. The summed E-state index contributed by atoms with van der Waals surface area (Å²) in [5.74, 6) is -4.89. The maximum absolute atomic E-state index is 13.6. The number of carbonyl (C=O) groups excluding carboxylic acids is 4. The van der Waals surface area contributed by atoms with Crippen LogP contribution in [0.2, 0.25) is 0 Å². The third kappa shape index (κ3) is 6.52. The second kappa shape index (κ2) is 12.2. The van der Waals surface area contributed by atoms with Crippen molar-refractivity contribution in [1.82, 2.24) is 20.9 Å². The first kappa shape index (κ1) is 28.0. The van der Waals surface area contributed by atoms with Crippen molar-refractivity contribution in [2.75, 3.05) is 13.2 Å². The first-order valence-electron chi connectivity index (χ1n) is 12.7. The minimum absolute atomic E-state index is 0.174. The SMILES string of the molecule is C[C@H]1NC(=O)C(C2COC2)OC(=O)[C@H](C)[C@H](O)[C@H](Cc2ccccc2)NC(=O)[C@H]1NC(=O)c1ncccc1O. The van der Waals surface area contributed by atoms with Crippen LogP contribution in [0.5, 0.6) is 5.75 Å². The number of cyclic esters (lactones) is 1. The number of hydrogen-bond donors (Lipinski definition) is 5. The third-order valence-corrected chi connectivity index (χ3v) is 6.96. The molecule has 3 heterocycles. The number of benzene rings is 1. The van der Waals surface area contributed by atoms with Crippen LogP contribution in [0.25, 0.3) is 0 Å². The summed E-state index contributed by atoms with van der Waals surface area (Å²) in [6.07, 6.45) is -1.11. The van der Waals surface area contributed by atoms with Gasteiger partial charge in [-0.05, 0) is 38.0 Å². The Morgan fingerprint density at radius 1 is 1.05 bits per heavy atom. The van der Waals surface area contributed by atoms with Gasteiger partial charge in [0, 0.05) is 6.20 Å². The van der Waals surface area contributed by atoms with E-state index in [4.69, 9.17) is 9.47 Å². The van der Waals surface area contributed by atoms with Gasteiger partial charge in [-0.15, -0.1) is 0 Å². The monoisotopic (exact) mass is 540 g/mol. The second-order valence-corrected chi connectivity index (χ2v) is 9.86. The lowest BCUT2D eigenvalue weighted by molar-refractivity contribution is -0.178. The molecular weight excluding hydrogens is 508 g/mol. The van der Waals surface area contributed by atoms with Crippen LogP contribution in [0.15, 0.2) is 48.7 Å². The summed E-state index contributed by atoms with van der Waals surface area (Å²) >= 11 is 0. The summed E-state index contributed by atoms with van der Waals surface area (Å²) in [5.41, 5.74) is 0.488. The highest BCUT2D eigenvalue weighted by Crippen LogP contribution is 2.23. The van der Waals surface area contributed by atoms with Crippen LogP contribution in [0.1, 0.15) is 29.9 Å². The Morgan fingerprint density at radius 3 is 2.41 bits per heavy atom. The normalized spacial score (nSPS) is 28.5. The Bertz CT molecular complexity index is 1210. The maximum atomic E-state index is 13.6. The van der Waals surface area contributed by atoms with Crippen LogP contribution in [0.4, 0.5) is 0 Å². The highest BCUT2D eigenvalue weighted by Gasteiger charge is 2.43. The van der Waals surface area contributed by atoms with Gasteiger partial charge in [0.2, 0.25) is 5.91 Å². The van der Waals surface area contributed by atoms with Crippen molar-refractivity contribution in [1.29, 1.82) is 0 Å². The van der Waals surface area contributed by atoms with Gasteiger partial charge in [-0.3, -0.25) is 19.2 Å². The minimum atomic E-state index is -1.38. The molecule has 2 aliphatic rings. The number of hydrogen-bond acceptors (Lipinski definition) is 9. The molecule has 2 aliphatic heterocycles. The van der Waals surface area contributed by atoms with E-state index in [0.717, 1.165) is 5.56 Å². The molecule has 0 radical (unpaired) electrons. The molecule has 4 rings (SSSR count). The molecule has 5 N–H and O–H groups in total. The van der Waals surface area contributed by atoms with E-state index in [2.05, 4.69) is 20.9 Å². The first-order valence-corrected chi connectivity index (χ1v) is 12.7. The van der Waals surface area contributed by atoms with Crippen molar-refractivity contribution in [2.24, 2.45) is 11.8 Å². The highest BCUT2D eigenvalue weighted by atomic mass is 16.6. The largest absolute Gasteiger partial charge is 0.505 e. The number of rotatable bonds is 5. The Balaban J connectivity index is 1.67. The van der Waals surface area contributed by atoms with Gasteiger partial charge >= 0.3 is 5.97 Å². The van der Waals surface area contributed by atoms with Crippen molar-refractivity contribution in [3.05, 3.63) is 59.9 Å². The predicted molar refractivity (Wildman–Crippen MR) is 136 cm³/mol. The molecule has 12 nitrogen and oxygen atoms in total. The number of aliphatic hydroxyl groups excluding tert-OH is 1.